The molecule has 0 spiro atoms. The van der Waals surface area contributed by atoms with Crippen LogP contribution in [0.1, 0.15) is 33.8 Å². The molecule has 0 N–H and O–H groups in total. The van der Waals surface area contributed by atoms with Crippen molar-refractivity contribution in [3.63, 3.8) is 0 Å². The number of carbonyl (C=O) groups excluding carboxylic acids is 1. The number of halogens is 1. The average molecular weight is 315 g/mol. The number of Topliss-reactive ketones (excluding diaryl/α,β-unsaturated/α-hetero) is 1. The van der Waals surface area contributed by atoms with Gasteiger partial charge in [0.2, 0.25) is 0 Å². The summed E-state index contributed by atoms with van der Waals surface area (Å²) in [6, 6.07) is 16.2. The minimum absolute atomic E-state index is 0.169. The molecular weight excluding hydrogens is 300 g/mol. The summed E-state index contributed by atoms with van der Waals surface area (Å²) in [4.78, 5) is 12.4. The van der Waals surface area contributed by atoms with Gasteiger partial charge >= 0.3 is 0 Å². The van der Waals surface area contributed by atoms with E-state index >= 15 is 0 Å². The Morgan fingerprint density at radius 2 is 1.89 bits per heavy atom. The summed E-state index contributed by atoms with van der Waals surface area (Å²) >= 11 is 3.47. The van der Waals surface area contributed by atoms with E-state index in [2.05, 4.69) is 28.1 Å². The van der Waals surface area contributed by atoms with E-state index in [0.29, 0.717) is 5.92 Å². The molecule has 1 nitrogen and oxygen atoms in total. The quantitative estimate of drug-likeness (QED) is 0.748. The van der Waals surface area contributed by atoms with Crippen molar-refractivity contribution in [2.45, 2.75) is 19.3 Å². The third-order valence-electron chi connectivity index (χ3n) is 3.80. The van der Waals surface area contributed by atoms with Crippen LogP contribution in [-0.4, -0.2) is 5.78 Å². The fraction of sp³-hybridized carbons (Fsp3) is 0.235. The Bertz CT molecular complexity index is 618. The van der Waals surface area contributed by atoms with Crippen LogP contribution in [0.25, 0.3) is 0 Å². The number of ketones is 1. The highest BCUT2D eigenvalue weighted by molar-refractivity contribution is 9.10. The molecule has 0 amide bonds. The van der Waals surface area contributed by atoms with Crippen LogP contribution in [0.3, 0.4) is 0 Å². The van der Waals surface area contributed by atoms with Crippen LogP contribution in [0.2, 0.25) is 0 Å². The van der Waals surface area contributed by atoms with E-state index in [9.17, 15) is 4.79 Å². The molecule has 2 unspecified atom stereocenters. The lowest BCUT2D eigenvalue weighted by Crippen LogP contribution is -2.03. The Labute approximate surface area is 121 Å². The number of rotatable bonds is 3. The van der Waals surface area contributed by atoms with Crippen LogP contribution in [0.15, 0.2) is 53.0 Å². The van der Waals surface area contributed by atoms with Gasteiger partial charge in [-0.25, -0.2) is 0 Å². The van der Waals surface area contributed by atoms with E-state index in [1.165, 1.54) is 5.56 Å². The second-order valence-electron chi connectivity index (χ2n) is 5.19. The second-order valence-corrected chi connectivity index (χ2v) is 6.04. The summed E-state index contributed by atoms with van der Waals surface area (Å²) in [5.74, 6) is 0.866. The Morgan fingerprint density at radius 1 is 1.16 bits per heavy atom. The van der Waals surface area contributed by atoms with Crippen molar-refractivity contribution in [1.29, 1.82) is 0 Å². The van der Waals surface area contributed by atoms with Crippen molar-refractivity contribution in [2.75, 3.05) is 0 Å². The van der Waals surface area contributed by atoms with Crippen molar-refractivity contribution >= 4 is 21.7 Å². The van der Waals surface area contributed by atoms with Crippen molar-refractivity contribution in [1.82, 2.24) is 0 Å². The molecule has 2 aromatic rings. The minimum Gasteiger partial charge on any atom is -0.294 e. The summed E-state index contributed by atoms with van der Waals surface area (Å²) in [7, 11) is 0. The molecular formula is C17H15BrO. The molecule has 2 aromatic carbocycles. The van der Waals surface area contributed by atoms with E-state index in [1.54, 1.807) is 0 Å². The number of carbonyl (C=O) groups is 1. The van der Waals surface area contributed by atoms with Crippen LogP contribution in [-0.2, 0) is 0 Å². The van der Waals surface area contributed by atoms with Crippen molar-refractivity contribution in [3.05, 3.63) is 69.7 Å². The highest BCUT2D eigenvalue weighted by atomic mass is 79.9. The van der Waals surface area contributed by atoms with Crippen LogP contribution >= 0.6 is 15.9 Å². The van der Waals surface area contributed by atoms with Crippen LogP contribution in [0.5, 0.6) is 0 Å². The predicted molar refractivity (Wildman–Crippen MR) is 80.5 cm³/mol. The van der Waals surface area contributed by atoms with Crippen LogP contribution < -0.4 is 0 Å². The highest BCUT2D eigenvalue weighted by Crippen LogP contribution is 2.49. The molecule has 19 heavy (non-hydrogen) atoms. The van der Waals surface area contributed by atoms with Gasteiger partial charge < -0.3 is 0 Å². The lowest BCUT2D eigenvalue weighted by Gasteiger charge is -2.04. The van der Waals surface area contributed by atoms with Crippen molar-refractivity contribution in [2.24, 2.45) is 5.92 Å². The van der Waals surface area contributed by atoms with Gasteiger partial charge in [-0.1, -0.05) is 52.3 Å². The fourth-order valence-electron chi connectivity index (χ4n) is 2.57. The molecule has 1 saturated carbocycles. The largest absolute Gasteiger partial charge is 0.294 e. The van der Waals surface area contributed by atoms with Crippen LogP contribution in [0.4, 0.5) is 0 Å². The zero-order chi connectivity index (χ0) is 13.4. The van der Waals surface area contributed by atoms with Crippen molar-refractivity contribution < 1.29 is 4.79 Å². The monoisotopic (exact) mass is 314 g/mol. The van der Waals surface area contributed by atoms with E-state index in [-0.39, 0.29) is 11.7 Å². The molecule has 0 aliphatic heterocycles. The summed E-state index contributed by atoms with van der Waals surface area (Å²) in [6.07, 6.45) is 0.984. The smallest absolute Gasteiger partial charge is 0.166 e. The first-order chi connectivity index (χ1) is 9.16. The Morgan fingerprint density at radius 3 is 2.58 bits per heavy atom. The van der Waals surface area contributed by atoms with Crippen molar-refractivity contribution in [3.8, 4) is 0 Å². The number of hydrogen-bond acceptors (Lipinski definition) is 1. The first-order valence-electron chi connectivity index (χ1n) is 6.52. The minimum atomic E-state index is 0.169. The van der Waals surface area contributed by atoms with Gasteiger partial charge in [-0.2, -0.15) is 0 Å². The van der Waals surface area contributed by atoms with Crippen LogP contribution in [0, 0.1) is 12.8 Å². The number of aryl methyl sites for hydroxylation is 1. The molecule has 1 fully saturated rings. The van der Waals surface area contributed by atoms with Gasteiger partial charge in [-0.15, -0.1) is 0 Å². The van der Waals surface area contributed by atoms with Gasteiger partial charge in [0.15, 0.2) is 5.78 Å². The van der Waals surface area contributed by atoms with Gasteiger partial charge in [0.05, 0.1) is 0 Å². The Kier molecular flexibility index (Phi) is 3.28. The summed E-state index contributed by atoms with van der Waals surface area (Å²) in [5, 5.41) is 0. The predicted octanol–water partition coefficient (Wildman–Crippen LogP) is 4.74. The molecule has 1 aliphatic rings. The standard InChI is InChI=1S/C17H15BrO/c1-11-9-13(7-8-16(11)18)17(19)15-10-14(15)12-5-3-2-4-6-12/h2-9,14-15H,10H2,1H3. The molecule has 0 radical (unpaired) electrons. The van der Waals surface area contributed by atoms with E-state index in [1.807, 2.05) is 43.3 Å². The summed E-state index contributed by atoms with van der Waals surface area (Å²) < 4.78 is 1.06. The molecule has 3 rings (SSSR count). The maximum atomic E-state index is 12.4. The maximum absolute atomic E-state index is 12.4. The summed E-state index contributed by atoms with van der Waals surface area (Å²) in [6.45, 7) is 2.02. The van der Waals surface area contributed by atoms with Gasteiger partial charge in [-0.05, 0) is 42.5 Å². The lowest BCUT2D eigenvalue weighted by atomic mass is 10.0. The SMILES string of the molecule is Cc1cc(C(=O)C2CC2c2ccccc2)ccc1Br. The van der Waals surface area contributed by atoms with Gasteiger partial charge in [0, 0.05) is 16.0 Å². The van der Waals surface area contributed by atoms with E-state index < -0.39 is 0 Å². The number of hydrogen-bond donors (Lipinski definition) is 0. The van der Waals surface area contributed by atoms with Gasteiger partial charge in [0.25, 0.3) is 0 Å². The molecule has 2 atom stereocenters. The zero-order valence-electron chi connectivity index (χ0n) is 10.8. The topological polar surface area (TPSA) is 17.1 Å². The Balaban J connectivity index is 1.78. The van der Waals surface area contributed by atoms with E-state index in [0.717, 1.165) is 22.0 Å². The fourth-order valence-corrected chi connectivity index (χ4v) is 2.81. The average Bonchev–Trinajstić information content (AvgIpc) is 3.22. The first kappa shape index (κ1) is 12.6. The van der Waals surface area contributed by atoms with Gasteiger partial charge in [-0.3, -0.25) is 4.79 Å². The molecule has 96 valence electrons. The summed E-state index contributed by atoms with van der Waals surface area (Å²) in [5.41, 5.74) is 3.24. The second kappa shape index (κ2) is 4.93. The highest BCUT2D eigenvalue weighted by Gasteiger charge is 2.43. The van der Waals surface area contributed by atoms with E-state index in [4.69, 9.17) is 0 Å². The van der Waals surface area contributed by atoms with Gasteiger partial charge in [0.1, 0.15) is 0 Å². The number of benzene rings is 2. The maximum Gasteiger partial charge on any atom is 0.166 e. The molecule has 2 heteroatoms. The normalized spacial score (nSPS) is 21.2. The molecule has 0 heterocycles. The molecule has 0 saturated heterocycles. The molecule has 1 aliphatic carbocycles. The molecule has 0 aromatic heterocycles. The third-order valence-corrected chi connectivity index (χ3v) is 4.69. The lowest BCUT2D eigenvalue weighted by molar-refractivity contribution is 0.0965. The Hall–Kier alpha value is -1.41. The first-order valence-corrected chi connectivity index (χ1v) is 7.31. The zero-order valence-corrected chi connectivity index (χ0v) is 12.4. The molecule has 0 bridgehead atoms. The third kappa shape index (κ3) is 2.50.